The van der Waals surface area contributed by atoms with Gasteiger partial charge in [0.15, 0.2) is 0 Å². The Labute approximate surface area is 156 Å². The van der Waals surface area contributed by atoms with E-state index < -0.39 is 0 Å². The lowest BCUT2D eigenvalue weighted by atomic mass is 9.94. The molecular formula is C21H20FN3O2. The summed E-state index contributed by atoms with van der Waals surface area (Å²) in [5, 5.41) is 7.08. The van der Waals surface area contributed by atoms with Gasteiger partial charge >= 0.3 is 0 Å². The van der Waals surface area contributed by atoms with Crippen LogP contribution in [0.1, 0.15) is 33.9 Å². The molecule has 4 rings (SSSR count). The van der Waals surface area contributed by atoms with Crippen LogP contribution in [0.3, 0.4) is 0 Å². The summed E-state index contributed by atoms with van der Waals surface area (Å²) in [5.41, 5.74) is 3.53. The number of halogens is 1. The molecule has 5 nitrogen and oxygen atoms in total. The Hall–Kier alpha value is -3.15. The zero-order valence-corrected chi connectivity index (χ0v) is 15.2. The number of hydrogen-bond acceptors (Lipinski definition) is 3. The molecule has 1 aliphatic heterocycles. The Kier molecular flexibility index (Phi) is 4.39. The van der Waals surface area contributed by atoms with Crippen LogP contribution in [0.5, 0.6) is 5.75 Å². The average molecular weight is 365 g/mol. The molecule has 2 heterocycles. The monoisotopic (exact) mass is 365 g/mol. The summed E-state index contributed by atoms with van der Waals surface area (Å²) < 4.78 is 21.7. The molecule has 1 atom stereocenters. The predicted molar refractivity (Wildman–Crippen MR) is 100 cm³/mol. The van der Waals surface area contributed by atoms with Crippen LogP contribution in [0.4, 0.5) is 4.39 Å². The Morgan fingerprint density at radius 3 is 2.89 bits per heavy atom. The van der Waals surface area contributed by atoms with E-state index in [1.165, 1.54) is 12.3 Å². The molecule has 27 heavy (non-hydrogen) atoms. The van der Waals surface area contributed by atoms with Crippen molar-refractivity contribution in [2.45, 2.75) is 19.4 Å². The normalized spacial score (nSPS) is 15.7. The highest BCUT2D eigenvalue weighted by Crippen LogP contribution is 2.36. The van der Waals surface area contributed by atoms with E-state index in [1.54, 1.807) is 24.0 Å². The van der Waals surface area contributed by atoms with Gasteiger partial charge in [0.25, 0.3) is 5.91 Å². The van der Waals surface area contributed by atoms with Gasteiger partial charge in [-0.15, -0.1) is 0 Å². The zero-order valence-electron chi connectivity index (χ0n) is 15.2. The number of nitrogens with one attached hydrogen (secondary N) is 1. The van der Waals surface area contributed by atoms with Crippen LogP contribution < -0.4 is 10.1 Å². The molecule has 1 aliphatic rings. The van der Waals surface area contributed by atoms with Gasteiger partial charge in [-0.1, -0.05) is 18.2 Å². The zero-order chi connectivity index (χ0) is 19.0. The van der Waals surface area contributed by atoms with Crippen LogP contribution in [0.2, 0.25) is 0 Å². The van der Waals surface area contributed by atoms with E-state index in [0.29, 0.717) is 29.9 Å². The van der Waals surface area contributed by atoms with Gasteiger partial charge in [0.2, 0.25) is 0 Å². The summed E-state index contributed by atoms with van der Waals surface area (Å²) in [6.45, 7) is 2.38. The number of benzene rings is 2. The maximum atomic E-state index is 14.4. The van der Waals surface area contributed by atoms with Gasteiger partial charge in [0.1, 0.15) is 11.6 Å². The Morgan fingerprint density at radius 2 is 2.15 bits per heavy atom. The van der Waals surface area contributed by atoms with Crippen molar-refractivity contribution in [3.63, 3.8) is 0 Å². The van der Waals surface area contributed by atoms with Gasteiger partial charge in [-0.05, 0) is 36.2 Å². The maximum Gasteiger partial charge on any atom is 0.254 e. The second-order valence-corrected chi connectivity index (χ2v) is 6.80. The van der Waals surface area contributed by atoms with Crippen LogP contribution in [0.15, 0.2) is 48.8 Å². The lowest BCUT2D eigenvalue weighted by Gasteiger charge is -2.27. The van der Waals surface area contributed by atoms with Crippen molar-refractivity contribution in [1.29, 1.82) is 0 Å². The lowest BCUT2D eigenvalue weighted by molar-refractivity contribution is 0.0924. The van der Waals surface area contributed by atoms with Crippen molar-refractivity contribution in [3.05, 3.63) is 71.3 Å². The standard InChI is InChI=1S/C21H20FN3O2/c1-13-3-5-16(18(22)9-13)14-4-6-20-17(10-14)19(7-8-27-20)24-21(26)15-11-23-25(2)12-15/h3-6,9-12,19H,7-8H2,1-2H3,(H,24,26). The largest absolute Gasteiger partial charge is 0.493 e. The van der Waals surface area contributed by atoms with Gasteiger partial charge in [0.05, 0.1) is 24.4 Å². The SMILES string of the molecule is Cc1ccc(-c2ccc3c(c2)C(NC(=O)c2cnn(C)c2)CCO3)c(F)c1. The molecule has 3 aromatic rings. The first-order valence-electron chi connectivity index (χ1n) is 8.84. The maximum absolute atomic E-state index is 14.4. The van der Waals surface area contributed by atoms with Crippen LogP contribution >= 0.6 is 0 Å². The molecule has 0 spiro atoms. The second kappa shape index (κ2) is 6.87. The van der Waals surface area contributed by atoms with E-state index in [2.05, 4.69) is 10.4 Å². The number of aromatic nitrogens is 2. The van der Waals surface area contributed by atoms with Gasteiger partial charge in [-0.3, -0.25) is 9.48 Å². The molecule has 1 N–H and O–H groups in total. The fourth-order valence-corrected chi connectivity index (χ4v) is 3.35. The van der Waals surface area contributed by atoms with Crippen LogP contribution in [-0.4, -0.2) is 22.3 Å². The summed E-state index contributed by atoms with van der Waals surface area (Å²) >= 11 is 0. The summed E-state index contributed by atoms with van der Waals surface area (Å²) in [6, 6.07) is 10.6. The van der Waals surface area contributed by atoms with Gasteiger partial charge in [-0.25, -0.2) is 4.39 Å². The third-order valence-corrected chi connectivity index (χ3v) is 4.76. The fourth-order valence-electron chi connectivity index (χ4n) is 3.35. The van der Waals surface area contributed by atoms with Crippen molar-refractivity contribution in [2.24, 2.45) is 7.05 Å². The first-order valence-corrected chi connectivity index (χ1v) is 8.84. The first-order chi connectivity index (χ1) is 13.0. The van der Waals surface area contributed by atoms with E-state index >= 15 is 0 Å². The van der Waals surface area contributed by atoms with Crippen LogP contribution in [0, 0.1) is 12.7 Å². The Balaban J connectivity index is 1.65. The third-order valence-electron chi connectivity index (χ3n) is 4.76. The number of amides is 1. The topological polar surface area (TPSA) is 56.2 Å². The Morgan fingerprint density at radius 1 is 1.30 bits per heavy atom. The smallest absolute Gasteiger partial charge is 0.254 e. The third kappa shape index (κ3) is 3.43. The van der Waals surface area contributed by atoms with E-state index in [4.69, 9.17) is 4.74 Å². The van der Waals surface area contributed by atoms with Crippen molar-refractivity contribution in [2.75, 3.05) is 6.61 Å². The fraction of sp³-hybridized carbons (Fsp3) is 0.238. The highest BCUT2D eigenvalue weighted by Gasteiger charge is 2.25. The number of carbonyl (C=O) groups excluding carboxylic acids is 1. The molecule has 138 valence electrons. The molecule has 0 aliphatic carbocycles. The van der Waals surface area contributed by atoms with Gasteiger partial charge in [0, 0.05) is 30.8 Å². The number of nitrogens with zero attached hydrogens (tertiary/aromatic N) is 2. The number of hydrogen-bond donors (Lipinski definition) is 1. The van der Waals surface area contributed by atoms with Crippen molar-refractivity contribution < 1.29 is 13.9 Å². The predicted octanol–water partition coefficient (Wildman–Crippen LogP) is 3.79. The van der Waals surface area contributed by atoms with Crippen molar-refractivity contribution in [3.8, 4) is 16.9 Å². The molecule has 0 fully saturated rings. The summed E-state index contributed by atoms with van der Waals surface area (Å²) in [7, 11) is 1.77. The Bertz CT molecular complexity index is 1010. The summed E-state index contributed by atoms with van der Waals surface area (Å²) in [6.07, 6.45) is 3.86. The van der Waals surface area contributed by atoms with Crippen molar-refractivity contribution >= 4 is 5.91 Å². The quantitative estimate of drug-likeness (QED) is 0.768. The lowest BCUT2D eigenvalue weighted by Crippen LogP contribution is -2.32. The molecule has 0 saturated carbocycles. The number of fused-ring (bicyclic) bond motifs is 1. The van der Waals surface area contributed by atoms with Gasteiger partial charge < -0.3 is 10.1 Å². The number of ether oxygens (including phenoxy) is 1. The number of carbonyl (C=O) groups is 1. The van der Waals surface area contributed by atoms with Crippen LogP contribution in [0.25, 0.3) is 11.1 Å². The molecule has 0 radical (unpaired) electrons. The molecule has 1 aromatic heterocycles. The molecule has 0 saturated heterocycles. The number of rotatable bonds is 3. The molecule has 0 bridgehead atoms. The van der Waals surface area contributed by atoms with Crippen LogP contribution in [-0.2, 0) is 7.05 Å². The van der Waals surface area contributed by atoms with E-state index in [0.717, 1.165) is 16.7 Å². The van der Waals surface area contributed by atoms with Gasteiger partial charge in [-0.2, -0.15) is 5.10 Å². The summed E-state index contributed by atoms with van der Waals surface area (Å²) in [5.74, 6) is 0.268. The molecule has 6 heteroatoms. The number of aryl methyl sites for hydroxylation is 2. The van der Waals surface area contributed by atoms with Crippen molar-refractivity contribution in [1.82, 2.24) is 15.1 Å². The molecule has 1 amide bonds. The molecule has 1 unspecified atom stereocenters. The first kappa shape index (κ1) is 17.3. The average Bonchev–Trinajstić information content (AvgIpc) is 3.08. The van der Waals surface area contributed by atoms with E-state index in [9.17, 15) is 9.18 Å². The second-order valence-electron chi connectivity index (χ2n) is 6.80. The minimum Gasteiger partial charge on any atom is -0.493 e. The minimum atomic E-state index is -0.261. The highest BCUT2D eigenvalue weighted by molar-refractivity contribution is 5.94. The minimum absolute atomic E-state index is 0.187. The molecular weight excluding hydrogens is 345 g/mol. The van der Waals surface area contributed by atoms with E-state index in [1.807, 2.05) is 31.2 Å². The highest BCUT2D eigenvalue weighted by atomic mass is 19.1. The van der Waals surface area contributed by atoms with E-state index in [-0.39, 0.29) is 17.8 Å². The molecule has 2 aromatic carbocycles. The summed E-state index contributed by atoms with van der Waals surface area (Å²) in [4.78, 5) is 12.5.